The molecule has 7 heteroatoms. The molecule has 1 aromatic carbocycles. The summed E-state index contributed by atoms with van der Waals surface area (Å²) >= 11 is 0. The van der Waals surface area contributed by atoms with E-state index in [0.717, 1.165) is 6.42 Å². The van der Waals surface area contributed by atoms with Gasteiger partial charge in [0.1, 0.15) is 11.5 Å². The summed E-state index contributed by atoms with van der Waals surface area (Å²) in [5, 5.41) is 6.18. The fourth-order valence-electron chi connectivity index (χ4n) is 2.04. The van der Waals surface area contributed by atoms with Crippen molar-refractivity contribution >= 4 is 17.7 Å². The van der Waals surface area contributed by atoms with Crippen LogP contribution in [0.1, 0.15) is 43.3 Å². The zero-order chi connectivity index (χ0) is 19.1. The number of carbonyl (C=O) groups excluding carboxylic acids is 2. The number of nitrogens with zero attached hydrogens (tertiary/aromatic N) is 1. The van der Waals surface area contributed by atoms with Gasteiger partial charge in [0.15, 0.2) is 11.9 Å². The first-order valence-corrected chi connectivity index (χ1v) is 8.53. The smallest absolute Gasteiger partial charge is 0.338 e. The maximum Gasteiger partial charge on any atom is 0.338 e. The van der Waals surface area contributed by atoms with Gasteiger partial charge in [0, 0.05) is 6.07 Å². The molecule has 1 heterocycles. The van der Waals surface area contributed by atoms with Crippen LogP contribution in [0.5, 0.6) is 5.75 Å². The lowest BCUT2D eigenvalue weighted by atomic mass is 10.1. The van der Waals surface area contributed by atoms with E-state index in [1.54, 1.807) is 37.3 Å². The standard InChI is InChI=1S/C19H24N2O5/c1-12(2)9-10-24-16-7-5-15(6-8-16)19(23)25-14(4)18(22)20-17-11-13(3)26-21-17/h5-8,11-12,14H,9-10H2,1-4H3,(H,20,21,22). The Morgan fingerprint density at radius 3 is 2.46 bits per heavy atom. The number of nitrogens with one attached hydrogen (secondary N) is 1. The van der Waals surface area contributed by atoms with E-state index >= 15 is 0 Å². The molecule has 0 spiro atoms. The first kappa shape index (κ1) is 19.5. The number of benzene rings is 1. The second-order valence-corrected chi connectivity index (χ2v) is 6.41. The molecule has 140 valence electrons. The highest BCUT2D eigenvalue weighted by atomic mass is 16.5. The molecule has 0 aliphatic heterocycles. The van der Waals surface area contributed by atoms with Gasteiger partial charge in [-0.1, -0.05) is 19.0 Å². The zero-order valence-corrected chi connectivity index (χ0v) is 15.4. The molecule has 0 saturated carbocycles. The predicted molar refractivity (Wildman–Crippen MR) is 96.1 cm³/mol. The highest BCUT2D eigenvalue weighted by Crippen LogP contribution is 2.15. The van der Waals surface area contributed by atoms with Crippen LogP contribution in [0.3, 0.4) is 0 Å². The third-order valence-electron chi connectivity index (χ3n) is 3.59. The molecule has 1 aromatic heterocycles. The SMILES string of the molecule is Cc1cc(NC(=O)C(C)OC(=O)c2ccc(OCCC(C)C)cc2)no1. The first-order valence-electron chi connectivity index (χ1n) is 8.53. The number of aromatic nitrogens is 1. The highest BCUT2D eigenvalue weighted by Gasteiger charge is 2.20. The Kier molecular flexibility index (Phi) is 6.77. The number of hydrogen-bond donors (Lipinski definition) is 1. The Labute approximate surface area is 152 Å². The largest absolute Gasteiger partial charge is 0.494 e. The van der Waals surface area contributed by atoms with Crippen LogP contribution >= 0.6 is 0 Å². The van der Waals surface area contributed by atoms with Crippen LogP contribution in [-0.4, -0.2) is 29.7 Å². The van der Waals surface area contributed by atoms with Crippen molar-refractivity contribution in [3.63, 3.8) is 0 Å². The number of anilines is 1. The molecule has 0 aliphatic rings. The molecular weight excluding hydrogens is 336 g/mol. The van der Waals surface area contributed by atoms with E-state index in [4.69, 9.17) is 14.0 Å². The van der Waals surface area contributed by atoms with E-state index in [0.29, 0.717) is 29.6 Å². The number of amides is 1. The Bertz CT molecular complexity index is 737. The molecule has 26 heavy (non-hydrogen) atoms. The van der Waals surface area contributed by atoms with Gasteiger partial charge in [0.2, 0.25) is 0 Å². The topological polar surface area (TPSA) is 90.7 Å². The van der Waals surface area contributed by atoms with E-state index < -0.39 is 18.0 Å². The average molecular weight is 360 g/mol. The van der Waals surface area contributed by atoms with Gasteiger partial charge in [-0.15, -0.1) is 0 Å². The summed E-state index contributed by atoms with van der Waals surface area (Å²) in [7, 11) is 0. The molecular formula is C19H24N2O5. The Morgan fingerprint density at radius 2 is 1.88 bits per heavy atom. The molecule has 0 radical (unpaired) electrons. The molecule has 2 aromatic rings. The summed E-state index contributed by atoms with van der Waals surface area (Å²) in [5.41, 5.74) is 0.346. The van der Waals surface area contributed by atoms with Crippen molar-refractivity contribution in [2.24, 2.45) is 5.92 Å². The maximum absolute atomic E-state index is 12.2. The van der Waals surface area contributed by atoms with Crippen molar-refractivity contribution in [2.45, 2.75) is 40.2 Å². The van der Waals surface area contributed by atoms with E-state index in [1.807, 2.05) is 0 Å². The van der Waals surface area contributed by atoms with E-state index in [9.17, 15) is 9.59 Å². The number of carbonyl (C=O) groups is 2. The summed E-state index contributed by atoms with van der Waals surface area (Å²) in [5.74, 6) is 1.03. The number of rotatable bonds is 8. The minimum absolute atomic E-state index is 0.276. The fourth-order valence-corrected chi connectivity index (χ4v) is 2.04. The molecule has 0 bridgehead atoms. The van der Waals surface area contributed by atoms with Gasteiger partial charge in [-0.25, -0.2) is 4.79 Å². The van der Waals surface area contributed by atoms with Crippen LogP contribution in [-0.2, 0) is 9.53 Å². The molecule has 0 fully saturated rings. The summed E-state index contributed by atoms with van der Waals surface area (Å²) in [6.45, 7) is 8.08. The van der Waals surface area contributed by atoms with E-state index in [2.05, 4.69) is 24.3 Å². The maximum atomic E-state index is 12.2. The van der Waals surface area contributed by atoms with E-state index in [1.165, 1.54) is 6.92 Å². The Morgan fingerprint density at radius 1 is 1.19 bits per heavy atom. The lowest BCUT2D eigenvalue weighted by molar-refractivity contribution is -0.123. The van der Waals surface area contributed by atoms with Crippen LogP contribution in [0, 0.1) is 12.8 Å². The van der Waals surface area contributed by atoms with Crippen LogP contribution < -0.4 is 10.1 Å². The van der Waals surface area contributed by atoms with Gasteiger partial charge in [-0.2, -0.15) is 0 Å². The normalized spacial score (nSPS) is 11.9. The summed E-state index contributed by atoms with van der Waals surface area (Å²) in [6.07, 6.45) is -0.0111. The molecule has 2 rings (SSSR count). The van der Waals surface area contributed by atoms with Gasteiger partial charge in [-0.05, 0) is 50.5 Å². The van der Waals surface area contributed by atoms with Crippen molar-refractivity contribution in [2.75, 3.05) is 11.9 Å². The molecule has 7 nitrogen and oxygen atoms in total. The van der Waals surface area contributed by atoms with Crippen molar-refractivity contribution in [3.8, 4) is 5.75 Å². The Balaban J connectivity index is 1.85. The van der Waals surface area contributed by atoms with E-state index in [-0.39, 0.29) is 5.82 Å². The third kappa shape index (κ3) is 5.91. The van der Waals surface area contributed by atoms with Crippen molar-refractivity contribution in [1.29, 1.82) is 0 Å². The van der Waals surface area contributed by atoms with Crippen LogP contribution in [0.2, 0.25) is 0 Å². The second kappa shape index (κ2) is 9.03. The average Bonchev–Trinajstić information content (AvgIpc) is 2.99. The zero-order valence-electron chi connectivity index (χ0n) is 15.4. The van der Waals surface area contributed by atoms with Crippen molar-refractivity contribution < 1.29 is 23.6 Å². The number of hydrogen-bond acceptors (Lipinski definition) is 6. The molecule has 0 saturated heterocycles. The summed E-state index contributed by atoms with van der Waals surface area (Å²) < 4.78 is 15.6. The summed E-state index contributed by atoms with van der Waals surface area (Å²) in [4.78, 5) is 24.2. The summed E-state index contributed by atoms with van der Waals surface area (Å²) in [6, 6.07) is 8.21. The molecule has 1 N–H and O–H groups in total. The van der Waals surface area contributed by atoms with Crippen LogP contribution in [0.4, 0.5) is 5.82 Å². The molecule has 0 aliphatic carbocycles. The molecule has 1 amide bonds. The van der Waals surface area contributed by atoms with Crippen LogP contribution in [0.25, 0.3) is 0 Å². The quantitative estimate of drug-likeness (QED) is 0.724. The number of ether oxygens (including phenoxy) is 2. The molecule has 1 atom stereocenters. The molecule has 1 unspecified atom stereocenters. The minimum Gasteiger partial charge on any atom is -0.494 e. The predicted octanol–water partition coefficient (Wildman–Crippen LogP) is 3.59. The minimum atomic E-state index is -0.971. The van der Waals surface area contributed by atoms with Gasteiger partial charge in [-0.3, -0.25) is 4.79 Å². The third-order valence-corrected chi connectivity index (χ3v) is 3.59. The number of aryl methyl sites for hydroxylation is 1. The number of esters is 1. The van der Waals surface area contributed by atoms with Gasteiger partial charge < -0.3 is 19.3 Å². The lowest BCUT2D eigenvalue weighted by Gasteiger charge is -2.13. The fraction of sp³-hybridized carbons (Fsp3) is 0.421. The van der Waals surface area contributed by atoms with Gasteiger partial charge in [0.25, 0.3) is 5.91 Å². The van der Waals surface area contributed by atoms with Crippen molar-refractivity contribution in [3.05, 3.63) is 41.7 Å². The lowest BCUT2D eigenvalue weighted by Crippen LogP contribution is -2.30. The highest BCUT2D eigenvalue weighted by molar-refractivity contribution is 5.96. The second-order valence-electron chi connectivity index (χ2n) is 6.41. The first-order chi connectivity index (χ1) is 12.3. The van der Waals surface area contributed by atoms with Crippen molar-refractivity contribution in [1.82, 2.24) is 5.16 Å². The van der Waals surface area contributed by atoms with Gasteiger partial charge in [0.05, 0.1) is 12.2 Å². The van der Waals surface area contributed by atoms with Crippen LogP contribution in [0.15, 0.2) is 34.9 Å². The Hall–Kier alpha value is -2.83. The monoisotopic (exact) mass is 360 g/mol. The van der Waals surface area contributed by atoms with Gasteiger partial charge >= 0.3 is 5.97 Å².